The molecule has 1 aliphatic rings. The van der Waals surface area contributed by atoms with Crippen molar-refractivity contribution in [1.29, 1.82) is 0 Å². The standard InChI is InChI=1S/C18H23N7O3S/c1-4-13(26)21-12-10-11(19)20-18(22-12)29-14-15(27-2)23-17(24-16(14)28-3)25-8-6-5-7-9-25/h4,10H,1,5-9H2,2-3H3,(H3,19,20,21,22,26). The molecule has 3 N–H and O–H groups in total. The number of nitrogens with zero attached hydrogens (tertiary/aromatic N) is 5. The van der Waals surface area contributed by atoms with Crippen molar-refractivity contribution in [3.05, 3.63) is 18.7 Å². The first-order chi connectivity index (χ1) is 14.0. The summed E-state index contributed by atoms with van der Waals surface area (Å²) in [6.07, 6.45) is 4.54. The maximum Gasteiger partial charge on any atom is 0.248 e. The van der Waals surface area contributed by atoms with Crippen LogP contribution in [0.5, 0.6) is 11.8 Å². The van der Waals surface area contributed by atoms with Gasteiger partial charge in [-0.25, -0.2) is 9.97 Å². The van der Waals surface area contributed by atoms with Gasteiger partial charge >= 0.3 is 0 Å². The lowest BCUT2D eigenvalue weighted by Gasteiger charge is -2.27. The van der Waals surface area contributed by atoms with E-state index in [0.29, 0.717) is 22.6 Å². The van der Waals surface area contributed by atoms with Gasteiger partial charge in [0, 0.05) is 19.2 Å². The number of hydrogen-bond donors (Lipinski definition) is 2. The average molecular weight is 417 g/mol. The van der Waals surface area contributed by atoms with E-state index in [1.165, 1.54) is 26.7 Å². The van der Waals surface area contributed by atoms with Crippen molar-refractivity contribution in [2.24, 2.45) is 0 Å². The molecular formula is C18H23N7O3S. The highest BCUT2D eigenvalue weighted by Gasteiger charge is 2.23. The second kappa shape index (κ2) is 9.41. The smallest absolute Gasteiger partial charge is 0.248 e. The van der Waals surface area contributed by atoms with Gasteiger partial charge in [0.25, 0.3) is 0 Å². The fraction of sp³-hybridized carbons (Fsp3) is 0.389. The summed E-state index contributed by atoms with van der Waals surface area (Å²) in [6.45, 7) is 5.20. The number of hydrogen-bond acceptors (Lipinski definition) is 10. The molecule has 0 unspecified atom stereocenters. The van der Waals surface area contributed by atoms with Crippen LogP contribution in [0.2, 0.25) is 0 Å². The number of carbonyl (C=O) groups excluding carboxylic acids is 1. The largest absolute Gasteiger partial charge is 0.480 e. The van der Waals surface area contributed by atoms with Crippen molar-refractivity contribution in [1.82, 2.24) is 19.9 Å². The molecule has 1 saturated heterocycles. The quantitative estimate of drug-likeness (QED) is 0.510. The summed E-state index contributed by atoms with van der Waals surface area (Å²) in [7, 11) is 3.06. The first-order valence-corrected chi connectivity index (χ1v) is 9.86. The van der Waals surface area contributed by atoms with Gasteiger partial charge in [0.15, 0.2) is 5.16 Å². The number of rotatable bonds is 7. The van der Waals surface area contributed by atoms with E-state index in [-0.39, 0.29) is 16.8 Å². The second-order valence-electron chi connectivity index (χ2n) is 6.18. The Morgan fingerprint density at radius 3 is 2.41 bits per heavy atom. The Morgan fingerprint density at radius 2 is 1.83 bits per heavy atom. The summed E-state index contributed by atoms with van der Waals surface area (Å²) in [6, 6.07) is 1.45. The minimum absolute atomic E-state index is 0.200. The third-order valence-corrected chi connectivity index (χ3v) is 5.09. The Morgan fingerprint density at radius 1 is 1.17 bits per heavy atom. The van der Waals surface area contributed by atoms with Gasteiger partial charge in [-0.05, 0) is 37.1 Å². The second-order valence-corrected chi connectivity index (χ2v) is 7.15. The number of ether oxygens (including phenoxy) is 2. The summed E-state index contributed by atoms with van der Waals surface area (Å²) in [5, 5.41) is 2.85. The van der Waals surface area contributed by atoms with Crippen molar-refractivity contribution < 1.29 is 14.3 Å². The Labute approximate surface area is 172 Å². The van der Waals surface area contributed by atoms with Gasteiger partial charge in [-0.3, -0.25) is 4.79 Å². The number of nitrogen functional groups attached to an aromatic ring is 1. The number of methoxy groups -OCH3 is 2. The predicted molar refractivity (Wildman–Crippen MR) is 111 cm³/mol. The fourth-order valence-electron chi connectivity index (χ4n) is 2.82. The molecule has 0 aromatic carbocycles. The van der Waals surface area contributed by atoms with Crippen LogP contribution in [-0.4, -0.2) is 53.2 Å². The zero-order valence-corrected chi connectivity index (χ0v) is 17.2. The molecule has 29 heavy (non-hydrogen) atoms. The molecule has 1 aliphatic heterocycles. The number of amides is 1. The Bertz CT molecular complexity index is 878. The highest BCUT2D eigenvalue weighted by Crippen LogP contribution is 2.40. The van der Waals surface area contributed by atoms with Gasteiger partial charge in [0.1, 0.15) is 16.5 Å². The van der Waals surface area contributed by atoms with Gasteiger partial charge in [0.05, 0.1) is 14.2 Å². The molecule has 0 bridgehead atoms. The number of piperidine rings is 1. The average Bonchev–Trinajstić information content (AvgIpc) is 2.73. The van der Waals surface area contributed by atoms with Crippen LogP contribution in [0.15, 0.2) is 28.8 Å². The van der Waals surface area contributed by atoms with Crippen LogP contribution in [0.1, 0.15) is 19.3 Å². The van der Waals surface area contributed by atoms with Crippen LogP contribution in [0.3, 0.4) is 0 Å². The zero-order chi connectivity index (χ0) is 20.8. The van der Waals surface area contributed by atoms with Crippen molar-refractivity contribution in [3.63, 3.8) is 0 Å². The van der Waals surface area contributed by atoms with E-state index >= 15 is 0 Å². The number of anilines is 3. The molecule has 1 amide bonds. The first-order valence-electron chi connectivity index (χ1n) is 9.04. The van der Waals surface area contributed by atoms with E-state index in [1.807, 2.05) is 0 Å². The van der Waals surface area contributed by atoms with Crippen LogP contribution < -0.4 is 25.4 Å². The highest BCUT2D eigenvalue weighted by molar-refractivity contribution is 7.99. The SMILES string of the molecule is C=CC(=O)Nc1cc(N)nc(Sc2c(OC)nc(N3CCCCC3)nc2OC)n1. The van der Waals surface area contributed by atoms with Crippen molar-refractivity contribution in [2.45, 2.75) is 29.3 Å². The summed E-state index contributed by atoms with van der Waals surface area (Å²) in [5.41, 5.74) is 5.85. The van der Waals surface area contributed by atoms with Gasteiger partial charge < -0.3 is 25.4 Å². The number of aromatic nitrogens is 4. The van der Waals surface area contributed by atoms with Gasteiger partial charge in [-0.2, -0.15) is 9.97 Å². The maximum absolute atomic E-state index is 11.5. The van der Waals surface area contributed by atoms with E-state index in [9.17, 15) is 4.79 Å². The lowest BCUT2D eigenvalue weighted by molar-refractivity contribution is -0.111. The van der Waals surface area contributed by atoms with E-state index in [4.69, 9.17) is 15.2 Å². The van der Waals surface area contributed by atoms with Crippen molar-refractivity contribution in [2.75, 3.05) is 43.3 Å². The number of carbonyl (C=O) groups is 1. The Kier molecular flexibility index (Phi) is 6.70. The number of nitrogens with one attached hydrogen (secondary N) is 1. The van der Waals surface area contributed by atoms with Gasteiger partial charge in [0.2, 0.25) is 23.6 Å². The molecule has 2 aromatic rings. The first kappa shape index (κ1) is 20.6. The van der Waals surface area contributed by atoms with E-state index in [0.717, 1.165) is 43.8 Å². The lowest BCUT2D eigenvalue weighted by Crippen LogP contribution is -2.31. The fourth-order valence-corrected chi connectivity index (χ4v) is 3.73. The third kappa shape index (κ3) is 5.05. The summed E-state index contributed by atoms with van der Waals surface area (Å²) >= 11 is 1.14. The summed E-state index contributed by atoms with van der Waals surface area (Å²) in [4.78, 5) is 31.8. The lowest BCUT2D eigenvalue weighted by atomic mass is 10.1. The molecule has 10 nitrogen and oxygen atoms in total. The van der Waals surface area contributed by atoms with Crippen molar-refractivity contribution in [3.8, 4) is 11.8 Å². The molecule has 1 fully saturated rings. The predicted octanol–water partition coefficient (Wildman–Crippen LogP) is 2.13. The summed E-state index contributed by atoms with van der Waals surface area (Å²) in [5.74, 6) is 1.33. The molecule has 11 heteroatoms. The van der Waals surface area contributed by atoms with Gasteiger partial charge in [-0.15, -0.1) is 0 Å². The molecule has 0 aliphatic carbocycles. The monoisotopic (exact) mass is 417 g/mol. The molecule has 0 saturated carbocycles. The zero-order valence-electron chi connectivity index (χ0n) is 16.3. The molecular weight excluding hydrogens is 394 g/mol. The highest BCUT2D eigenvalue weighted by atomic mass is 32.2. The third-order valence-electron chi connectivity index (χ3n) is 4.17. The van der Waals surface area contributed by atoms with E-state index in [1.54, 1.807) is 0 Å². The van der Waals surface area contributed by atoms with Crippen LogP contribution in [-0.2, 0) is 4.79 Å². The normalized spacial score (nSPS) is 13.7. The molecule has 0 radical (unpaired) electrons. The van der Waals surface area contributed by atoms with Crippen LogP contribution in [0.25, 0.3) is 0 Å². The summed E-state index contributed by atoms with van der Waals surface area (Å²) < 4.78 is 11.0. The minimum Gasteiger partial charge on any atom is -0.480 e. The molecule has 154 valence electrons. The van der Waals surface area contributed by atoms with Crippen LogP contribution in [0, 0.1) is 0 Å². The molecule has 2 aromatic heterocycles. The van der Waals surface area contributed by atoms with Crippen molar-refractivity contribution >= 4 is 35.3 Å². The molecule has 0 spiro atoms. The maximum atomic E-state index is 11.5. The molecule has 3 rings (SSSR count). The molecule has 0 atom stereocenters. The van der Waals surface area contributed by atoms with Gasteiger partial charge in [-0.1, -0.05) is 6.58 Å². The topological polar surface area (TPSA) is 128 Å². The molecule has 3 heterocycles. The Hall–Kier alpha value is -3.08. The Balaban J connectivity index is 1.93. The van der Waals surface area contributed by atoms with Crippen LogP contribution >= 0.6 is 11.8 Å². The number of nitrogens with two attached hydrogens (primary N) is 1. The minimum atomic E-state index is -0.400. The van der Waals surface area contributed by atoms with E-state index in [2.05, 4.69) is 36.7 Å². The van der Waals surface area contributed by atoms with E-state index < -0.39 is 5.91 Å². The van der Waals surface area contributed by atoms with Crippen LogP contribution in [0.4, 0.5) is 17.6 Å².